The molecule has 0 bridgehead atoms. The molecule has 2 unspecified atom stereocenters. The van der Waals surface area contributed by atoms with Crippen LogP contribution in [0.4, 0.5) is 10.1 Å². The molecular formula is C29H30FN3O4. The Morgan fingerprint density at radius 3 is 2.68 bits per heavy atom. The molecule has 1 saturated carbocycles. The van der Waals surface area contributed by atoms with Gasteiger partial charge in [-0.15, -0.1) is 0 Å². The third-order valence-corrected chi connectivity index (χ3v) is 7.84. The van der Waals surface area contributed by atoms with Crippen LogP contribution in [0.15, 0.2) is 47.4 Å². The van der Waals surface area contributed by atoms with E-state index >= 15 is 4.39 Å². The fourth-order valence-corrected chi connectivity index (χ4v) is 5.82. The van der Waals surface area contributed by atoms with Gasteiger partial charge in [0.15, 0.2) is 17.3 Å². The second-order valence-corrected chi connectivity index (χ2v) is 10.3. The summed E-state index contributed by atoms with van der Waals surface area (Å²) < 4.78 is 23.5. The lowest BCUT2D eigenvalue weighted by Crippen LogP contribution is -2.40. The average molecular weight is 504 g/mol. The summed E-state index contributed by atoms with van der Waals surface area (Å²) >= 11 is 0. The minimum atomic E-state index is -0.508. The van der Waals surface area contributed by atoms with E-state index in [1.807, 2.05) is 9.47 Å². The Hall–Kier alpha value is -3.65. The van der Waals surface area contributed by atoms with Crippen molar-refractivity contribution in [3.05, 3.63) is 69.8 Å². The number of methoxy groups -OCH3 is 1. The van der Waals surface area contributed by atoms with Crippen molar-refractivity contribution >= 4 is 28.4 Å². The molecule has 37 heavy (non-hydrogen) atoms. The molecule has 2 aliphatic heterocycles. The molecule has 3 fully saturated rings. The molecule has 2 saturated heterocycles. The molecule has 3 aliphatic rings. The predicted molar refractivity (Wildman–Crippen MR) is 141 cm³/mol. The third kappa shape index (κ3) is 4.29. The Balaban J connectivity index is 1.45. The van der Waals surface area contributed by atoms with Crippen LogP contribution < -0.4 is 20.4 Å². The Morgan fingerprint density at radius 1 is 1.19 bits per heavy atom. The van der Waals surface area contributed by atoms with E-state index in [-0.39, 0.29) is 22.7 Å². The number of carbonyl (C=O) groups excluding carboxylic acids is 1. The van der Waals surface area contributed by atoms with E-state index in [1.54, 1.807) is 24.4 Å². The number of nitrogens with one attached hydrogen (secondary N) is 1. The summed E-state index contributed by atoms with van der Waals surface area (Å²) in [7, 11) is 1.51. The lowest BCUT2D eigenvalue weighted by Gasteiger charge is -2.25. The first kappa shape index (κ1) is 23.7. The molecule has 2 atom stereocenters. The van der Waals surface area contributed by atoms with Crippen LogP contribution in [-0.4, -0.2) is 48.2 Å². The summed E-state index contributed by atoms with van der Waals surface area (Å²) in [4.78, 5) is 28.7. The molecule has 1 aromatic heterocycles. The molecule has 2 N–H and O–H groups in total. The number of benzene rings is 2. The zero-order valence-electron chi connectivity index (χ0n) is 20.7. The third-order valence-electron chi connectivity index (χ3n) is 7.84. The summed E-state index contributed by atoms with van der Waals surface area (Å²) in [6, 6.07) is 8.13. The highest BCUT2D eigenvalue weighted by Gasteiger charge is 2.38. The van der Waals surface area contributed by atoms with E-state index in [0.717, 1.165) is 38.8 Å². The number of anilines is 1. The fraction of sp³-hybridized carbons (Fsp3) is 0.379. The zero-order chi connectivity index (χ0) is 25.7. The van der Waals surface area contributed by atoms with Gasteiger partial charge in [0.25, 0.3) is 0 Å². The number of pyridine rings is 1. The molecule has 2 aromatic carbocycles. The second kappa shape index (κ2) is 9.34. The van der Waals surface area contributed by atoms with Gasteiger partial charge >= 0.3 is 0 Å². The Morgan fingerprint density at radius 2 is 1.97 bits per heavy atom. The number of aromatic nitrogens is 1. The lowest BCUT2D eigenvalue weighted by atomic mass is 9.94. The summed E-state index contributed by atoms with van der Waals surface area (Å²) in [5.41, 5.74) is 1.15. The minimum absolute atomic E-state index is 0.0000218. The highest BCUT2D eigenvalue weighted by atomic mass is 19.1. The molecule has 3 aromatic rings. The second-order valence-electron chi connectivity index (χ2n) is 10.3. The SMILES string of the molecule is COc1c(N2CC3CCCNC3C2)c(F)cc2c(=O)c(C(=O)C=Cc3ccc(O)cc3)cn(C3CC3)c12. The highest BCUT2D eigenvalue weighted by molar-refractivity contribution is 6.08. The van der Waals surface area contributed by atoms with Crippen molar-refractivity contribution < 1.29 is 19.0 Å². The number of piperidine rings is 1. The van der Waals surface area contributed by atoms with Crippen molar-refractivity contribution in [2.75, 3.05) is 31.6 Å². The normalized spacial score (nSPS) is 21.5. The van der Waals surface area contributed by atoms with Crippen molar-refractivity contribution in [3.63, 3.8) is 0 Å². The predicted octanol–water partition coefficient (Wildman–Crippen LogP) is 4.27. The average Bonchev–Trinajstić information content (AvgIpc) is 3.66. The molecule has 0 radical (unpaired) electrons. The van der Waals surface area contributed by atoms with Gasteiger partial charge in [0.1, 0.15) is 11.4 Å². The number of aromatic hydroxyl groups is 1. The van der Waals surface area contributed by atoms with Gasteiger partial charge in [-0.2, -0.15) is 0 Å². The minimum Gasteiger partial charge on any atom is -0.508 e. The van der Waals surface area contributed by atoms with Gasteiger partial charge in [-0.3, -0.25) is 9.59 Å². The quantitative estimate of drug-likeness (QED) is 0.386. The number of hydrogen-bond acceptors (Lipinski definition) is 6. The first-order valence-corrected chi connectivity index (χ1v) is 12.9. The van der Waals surface area contributed by atoms with Crippen LogP contribution in [0.25, 0.3) is 17.0 Å². The molecule has 6 rings (SSSR count). The fourth-order valence-electron chi connectivity index (χ4n) is 5.82. The van der Waals surface area contributed by atoms with Crippen LogP contribution >= 0.6 is 0 Å². The van der Waals surface area contributed by atoms with Crippen molar-refractivity contribution in [2.45, 2.75) is 37.8 Å². The van der Waals surface area contributed by atoms with Gasteiger partial charge in [-0.1, -0.05) is 18.2 Å². The standard InChI is InChI=1S/C29H30FN3O4/c1-37-29-26-21(13-23(30)27(29)32-14-18-3-2-12-31-24(18)16-32)28(36)22(15-33(26)19-7-8-19)25(35)11-6-17-4-9-20(34)10-5-17/h4-6,9-11,13,15,18-19,24,31,34H,2-3,7-8,12,14,16H2,1H3. The topological polar surface area (TPSA) is 83.8 Å². The van der Waals surface area contributed by atoms with Crippen LogP contribution in [0.5, 0.6) is 11.5 Å². The van der Waals surface area contributed by atoms with E-state index in [0.29, 0.717) is 41.0 Å². The van der Waals surface area contributed by atoms with Crippen LogP contribution in [0.2, 0.25) is 0 Å². The Kier molecular flexibility index (Phi) is 5.99. The molecule has 8 heteroatoms. The molecule has 0 spiro atoms. The van der Waals surface area contributed by atoms with Gasteiger partial charge in [0, 0.05) is 31.4 Å². The largest absolute Gasteiger partial charge is 0.508 e. The number of nitrogens with zero attached hydrogens (tertiary/aromatic N) is 2. The monoisotopic (exact) mass is 503 g/mol. The van der Waals surface area contributed by atoms with E-state index < -0.39 is 17.0 Å². The number of phenolic OH excluding ortho intramolecular Hbond substituents is 1. The van der Waals surface area contributed by atoms with Crippen molar-refractivity contribution in [1.29, 1.82) is 0 Å². The smallest absolute Gasteiger partial charge is 0.200 e. The summed E-state index contributed by atoms with van der Waals surface area (Å²) in [6.45, 7) is 2.41. The van der Waals surface area contributed by atoms with Gasteiger partial charge in [0.05, 0.1) is 23.6 Å². The van der Waals surface area contributed by atoms with E-state index in [2.05, 4.69) is 5.32 Å². The number of phenols is 1. The van der Waals surface area contributed by atoms with E-state index in [9.17, 15) is 14.7 Å². The van der Waals surface area contributed by atoms with Gasteiger partial charge < -0.3 is 24.6 Å². The van der Waals surface area contributed by atoms with Crippen molar-refractivity contribution in [1.82, 2.24) is 9.88 Å². The van der Waals surface area contributed by atoms with Crippen LogP contribution in [0.1, 0.15) is 47.6 Å². The number of hydrogen-bond donors (Lipinski definition) is 2. The van der Waals surface area contributed by atoms with Gasteiger partial charge in [0.2, 0.25) is 5.43 Å². The van der Waals surface area contributed by atoms with Gasteiger partial charge in [-0.25, -0.2) is 4.39 Å². The van der Waals surface area contributed by atoms with E-state index in [1.165, 1.54) is 31.4 Å². The van der Waals surface area contributed by atoms with Crippen LogP contribution in [0, 0.1) is 11.7 Å². The number of carbonyl (C=O) groups is 1. The molecule has 3 heterocycles. The number of fused-ring (bicyclic) bond motifs is 2. The maximum absolute atomic E-state index is 15.8. The summed E-state index contributed by atoms with van der Waals surface area (Å²) in [6.07, 6.45) is 8.62. The number of ketones is 1. The molecule has 1 aliphatic carbocycles. The molecule has 7 nitrogen and oxygen atoms in total. The first-order chi connectivity index (χ1) is 17.9. The number of rotatable bonds is 6. The summed E-state index contributed by atoms with van der Waals surface area (Å²) in [5.74, 6) is -0.0142. The molecular weight excluding hydrogens is 473 g/mol. The number of ether oxygens (including phenoxy) is 1. The first-order valence-electron chi connectivity index (χ1n) is 12.9. The summed E-state index contributed by atoms with van der Waals surface area (Å²) in [5, 5.41) is 13.2. The van der Waals surface area contributed by atoms with Crippen molar-refractivity contribution in [2.24, 2.45) is 5.92 Å². The van der Waals surface area contributed by atoms with Crippen molar-refractivity contribution in [3.8, 4) is 11.5 Å². The Bertz CT molecular complexity index is 1440. The maximum atomic E-state index is 15.8. The van der Waals surface area contributed by atoms with E-state index in [4.69, 9.17) is 4.74 Å². The number of halogens is 1. The maximum Gasteiger partial charge on any atom is 0.200 e. The Labute approximate surface area is 214 Å². The highest BCUT2D eigenvalue weighted by Crippen LogP contribution is 2.45. The molecule has 192 valence electrons. The van der Waals surface area contributed by atoms with Crippen LogP contribution in [-0.2, 0) is 0 Å². The van der Waals surface area contributed by atoms with Crippen LogP contribution in [0.3, 0.4) is 0 Å². The zero-order valence-corrected chi connectivity index (χ0v) is 20.7. The van der Waals surface area contributed by atoms with Gasteiger partial charge in [-0.05, 0) is 68.0 Å². The lowest BCUT2D eigenvalue weighted by molar-refractivity contribution is 0.104. The molecule has 0 amide bonds. The number of allylic oxidation sites excluding steroid dienone is 1.